The minimum Gasteiger partial charge on any atom is -0.497 e. The lowest BCUT2D eigenvalue weighted by molar-refractivity contribution is -0.385. The van der Waals surface area contributed by atoms with Gasteiger partial charge in [0.05, 0.1) is 12.0 Å². The number of rotatable bonds is 5. The Morgan fingerprint density at radius 3 is 2.32 bits per heavy atom. The summed E-state index contributed by atoms with van der Waals surface area (Å²) in [6, 6.07) is 12.6. The van der Waals surface area contributed by atoms with Gasteiger partial charge in [-0.25, -0.2) is 0 Å². The molecule has 0 saturated carbocycles. The Kier molecular flexibility index (Phi) is 6.89. The quantitative estimate of drug-likeness (QED) is 0.650. The summed E-state index contributed by atoms with van der Waals surface area (Å²) < 4.78 is 5.09. The van der Waals surface area contributed by atoms with Crippen LogP contribution in [0.1, 0.15) is 25.0 Å². The van der Waals surface area contributed by atoms with Crippen molar-refractivity contribution in [2.45, 2.75) is 27.3 Å². The highest BCUT2D eigenvalue weighted by Gasteiger charge is 2.07. The van der Waals surface area contributed by atoms with Crippen LogP contribution in [0.5, 0.6) is 5.75 Å². The maximum atomic E-state index is 10.8. The van der Waals surface area contributed by atoms with E-state index < -0.39 is 0 Å². The van der Waals surface area contributed by atoms with Crippen molar-refractivity contribution < 1.29 is 9.66 Å². The Balaban J connectivity index is 0.00000116. The van der Waals surface area contributed by atoms with Gasteiger partial charge in [-0.3, -0.25) is 10.1 Å². The van der Waals surface area contributed by atoms with Gasteiger partial charge in [0.2, 0.25) is 0 Å². The van der Waals surface area contributed by atoms with E-state index in [1.807, 2.05) is 51.1 Å². The number of hydrogen-bond acceptors (Lipinski definition) is 4. The summed E-state index contributed by atoms with van der Waals surface area (Å²) in [5.74, 6) is 0.793. The molecule has 5 heteroatoms. The van der Waals surface area contributed by atoms with Gasteiger partial charge < -0.3 is 10.1 Å². The van der Waals surface area contributed by atoms with Crippen LogP contribution in [-0.4, -0.2) is 12.0 Å². The lowest BCUT2D eigenvalue weighted by Gasteiger charge is -2.08. The molecule has 0 aliphatic carbocycles. The molecule has 0 fully saturated rings. The van der Waals surface area contributed by atoms with E-state index in [0.29, 0.717) is 6.54 Å². The summed E-state index contributed by atoms with van der Waals surface area (Å²) in [7, 11) is 1.62. The van der Waals surface area contributed by atoms with Crippen molar-refractivity contribution in [2.24, 2.45) is 0 Å². The molecule has 0 atom stereocenters. The van der Waals surface area contributed by atoms with Gasteiger partial charge in [-0.15, -0.1) is 0 Å². The van der Waals surface area contributed by atoms with Gasteiger partial charge in [-0.1, -0.05) is 19.9 Å². The van der Waals surface area contributed by atoms with Crippen LogP contribution in [0.3, 0.4) is 0 Å². The fourth-order valence-corrected chi connectivity index (χ4v) is 1.96. The highest BCUT2D eigenvalue weighted by Crippen LogP contribution is 2.19. The summed E-state index contributed by atoms with van der Waals surface area (Å²) in [5, 5.41) is 14.0. The van der Waals surface area contributed by atoms with Gasteiger partial charge in [0.1, 0.15) is 5.75 Å². The number of ether oxygens (including phenoxy) is 1. The molecule has 0 amide bonds. The topological polar surface area (TPSA) is 64.4 Å². The van der Waals surface area contributed by atoms with E-state index in [0.717, 1.165) is 22.6 Å². The summed E-state index contributed by atoms with van der Waals surface area (Å²) in [6.07, 6.45) is 0. The number of methoxy groups -OCH3 is 1. The van der Waals surface area contributed by atoms with Crippen LogP contribution in [0.25, 0.3) is 0 Å². The molecule has 2 rings (SSSR count). The predicted octanol–water partition coefficient (Wildman–Crippen LogP) is 4.55. The number of nitro groups is 1. The first-order chi connectivity index (χ1) is 10.6. The van der Waals surface area contributed by atoms with Crippen molar-refractivity contribution in [3.05, 3.63) is 63.7 Å². The molecule has 0 saturated heterocycles. The van der Waals surface area contributed by atoms with Gasteiger partial charge in [-0.05, 0) is 42.3 Å². The maximum absolute atomic E-state index is 10.8. The fraction of sp³-hybridized carbons (Fsp3) is 0.294. The molecule has 0 aliphatic heterocycles. The van der Waals surface area contributed by atoms with Crippen molar-refractivity contribution in [2.75, 3.05) is 12.4 Å². The van der Waals surface area contributed by atoms with E-state index in [-0.39, 0.29) is 10.6 Å². The molecule has 118 valence electrons. The van der Waals surface area contributed by atoms with Crippen molar-refractivity contribution in [1.82, 2.24) is 0 Å². The average molecular weight is 302 g/mol. The second-order valence-electron chi connectivity index (χ2n) is 4.52. The molecule has 1 N–H and O–H groups in total. The molecule has 0 spiro atoms. The Bertz CT molecular complexity index is 610. The predicted molar refractivity (Wildman–Crippen MR) is 89.5 cm³/mol. The van der Waals surface area contributed by atoms with Gasteiger partial charge in [-0.2, -0.15) is 0 Å². The lowest BCUT2D eigenvalue weighted by Crippen LogP contribution is -2.01. The number of nitro benzene ring substituents is 1. The number of hydrogen-bond donors (Lipinski definition) is 1. The Labute approximate surface area is 131 Å². The van der Waals surface area contributed by atoms with Crippen molar-refractivity contribution in [1.29, 1.82) is 0 Å². The van der Waals surface area contributed by atoms with Gasteiger partial charge in [0.15, 0.2) is 0 Å². The molecular formula is C17H22N2O3. The van der Waals surface area contributed by atoms with Crippen molar-refractivity contribution in [3.8, 4) is 5.75 Å². The van der Waals surface area contributed by atoms with Gasteiger partial charge in [0, 0.05) is 24.4 Å². The smallest absolute Gasteiger partial charge is 0.270 e. The second-order valence-corrected chi connectivity index (χ2v) is 4.52. The molecule has 0 aliphatic rings. The molecule has 0 unspecified atom stereocenters. The van der Waals surface area contributed by atoms with Crippen LogP contribution in [0.2, 0.25) is 0 Å². The van der Waals surface area contributed by atoms with E-state index in [1.54, 1.807) is 19.2 Å². The van der Waals surface area contributed by atoms with Crippen LogP contribution in [0.4, 0.5) is 11.4 Å². The molecule has 0 radical (unpaired) electrons. The third-order valence-electron chi connectivity index (χ3n) is 2.92. The number of non-ortho nitro benzene ring substituents is 1. The van der Waals surface area contributed by atoms with Crippen LogP contribution < -0.4 is 10.1 Å². The Morgan fingerprint density at radius 2 is 1.77 bits per heavy atom. The van der Waals surface area contributed by atoms with Gasteiger partial charge >= 0.3 is 0 Å². The zero-order chi connectivity index (χ0) is 16.5. The molecule has 2 aromatic rings. The average Bonchev–Trinajstić information content (AvgIpc) is 2.54. The summed E-state index contributed by atoms with van der Waals surface area (Å²) in [5.41, 5.74) is 2.82. The molecule has 0 heterocycles. The van der Waals surface area contributed by atoms with Crippen LogP contribution in [-0.2, 0) is 6.54 Å². The Hall–Kier alpha value is -2.56. The van der Waals surface area contributed by atoms with Crippen LogP contribution >= 0.6 is 0 Å². The highest BCUT2D eigenvalue weighted by molar-refractivity contribution is 5.48. The number of benzene rings is 2. The molecule has 0 aromatic heterocycles. The number of aryl methyl sites for hydroxylation is 1. The normalized spacial score (nSPS) is 9.45. The first kappa shape index (κ1) is 17.5. The molecular weight excluding hydrogens is 280 g/mol. The third-order valence-corrected chi connectivity index (χ3v) is 2.92. The second kappa shape index (κ2) is 8.67. The largest absolute Gasteiger partial charge is 0.497 e. The SMILES string of the molecule is CC.COc1ccc(NCc2cc(C)cc([N+](=O)[O-])c2)cc1. The maximum Gasteiger partial charge on any atom is 0.270 e. The van der Waals surface area contributed by atoms with E-state index in [2.05, 4.69) is 5.32 Å². The van der Waals surface area contributed by atoms with E-state index in [4.69, 9.17) is 4.74 Å². The number of nitrogens with zero attached hydrogens (tertiary/aromatic N) is 1. The van der Waals surface area contributed by atoms with E-state index >= 15 is 0 Å². The summed E-state index contributed by atoms with van der Waals surface area (Å²) in [6.45, 7) is 6.39. The molecule has 0 bridgehead atoms. The van der Waals surface area contributed by atoms with Gasteiger partial charge in [0.25, 0.3) is 5.69 Å². The van der Waals surface area contributed by atoms with Crippen molar-refractivity contribution in [3.63, 3.8) is 0 Å². The highest BCUT2D eigenvalue weighted by atomic mass is 16.6. The minimum absolute atomic E-state index is 0.122. The lowest BCUT2D eigenvalue weighted by atomic mass is 10.1. The van der Waals surface area contributed by atoms with E-state index in [1.165, 1.54) is 0 Å². The zero-order valence-corrected chi connectivity index (χ0v) is 13.4. The third kappa shape index (κ3) is 5.09. The van der Waals surface area contributed by atoms with E-state index in [9.17, 15) is 10.1 Å². The monoisotopic (exact) mass is 302 g/mol. The summed E-state index contributed by atoms with van der Waals surface area (Å²) in [4.78, 5) is 10.5. The molecule has 2 aromatic carbocycles. The molecule has 22 heavy (non-hydrogen) atoms. The minimum atomic E-state index is -0.371. The Morgan fingerprint density at radius 1 is 1.14 bits per heavy atom. The van der Waals surface area contributed by atoms with Crippen LogP contribution in [0, 0.1) is 17.0 Å². The van der Waals surface area contributed by atoms with Crippen molar-refractivity contribution >= 4 is 11.4 Å². The fourth-order valence-electron chi connectivity index (χ4n) is 1.96. The summed E-state index contributed by atoms with van der Waals surface area (Å²) >= 11 is 0. The zero-order valence-electron chi connectivity index (χ0n) is 13.4. The number of anilines is 1. The van der Waals surface area contributed by atoms with Crippen LogP contribution in [0.15, 0.2) is 42.5 Å². The first-order valence-electron chi connectivity index (χ1n) is 7.21. The number of nitrogens with one attached hydrogen (secondary N) is 1. The standard InChI is InChI=1S/C15H16N2O3.C2H6/c1-11-7-12(9-14(8-11)17(18)19)10-16-13-3-5-15(20-2)6-4-13;1-2/h3-9,16H,10H2,1-2H3;1-2H3. The first-order valence-corrected chi connectivity index (χ1v) is 7.21. The molecule has 5 nitrogen and oxygen atoms in total.